The third-order valence-electron chi connectivity index (χ3n) is 7.58. The molecule has 184 valence electrons. The Bertz CT molecular complexity index is 1340. The molecule has 3 aliphatic heterocycles. The van der Waals surface area contributed by atoms with Gasteiger partial charge >= 0.3 is 6.18 Å². The van der Waals surface area contributed by atoms with Gasteiger partial charge in [-0.15, -0.1) is 0 Å². The summed E-state index contributed by atoms with van der Waals surface area (Å²) in [5.41, 5.74) is 0.709. The molecule has 36 heavy (non-hydrogen) atoms. The van der Waals surface area contributed by atoms with Gasteiger partial charge in [0, 0.05) is 31.5 Å². The van der Waals surface area contributed by atoms with E-state index in [1.165, 1.54) is 11.1 Å². The first kappa shape index (κ1) is 22.6. The number of hydrogen-bond donors (Lipinski definition) is 0. The van der Waals surface area contributed by atoms with E-state index in [9.17, 15) is 18.0 Å². The van der Waals surface area contributed by atoms with Crippen molar-refractivity contribution in [3.8, 4) is 0 Å². The molecule has 0 saturated carbocycles. The lowest BCUT2D eigenvalue weighted by Crippen LogP contribution is -2.67. The molecule has 0 radical (unpaired) electrons. The molecule has 3 aliphatic rings. The minimum atomic E-state index is -4.46. The zero-order valence-electron chi connectivity index (χ0n) is 19.6. The molecule has 0 aliphatic carbocycles. The van der Waals surface area contributed by atoms with Crippen molar-refractivity contribution in [3.05, 3.63) is 84.1 Å². The van der Waals surface area contributed by atoms with E-state index < -0.39 is 17.2 Å². The summed E-state index contributed by atoms with van der Waals surface area (Å²) in [4.78, 5) is 23.0. The van der Waals surface area contributed by atoms with Crippen LogP contribution in [0.25, 0.3) is 0 Å². The van der Waals surface area contributed by atoms with Gasteiger partial charge in [0.1, 0.15) is 11.2 Å². The molecule has 1 aromatic heterocycles. The highest BCUT2D eigenvalue weighted by Gasteiger charge is 2.60. The van der Waals surface area contributed by atoms with Gasteiger partial charge in [0.2, 0.25) is 0 Å². The van der Waals surface area contributed by atoms with Crippen LogP contribution in [0.15, 0.2) is 78.0 Å². The van der Waals surface area contributed by atoms with E-state index in [0.717, 1.165) is 17.6 Å². The number of halogens is 3. The van der Waals surface area contributed by atoms with Gasteiger partial charge in [-0.3, -0.25) is 4.79 Å². The fourth-order valence-corrected chi connectivity index (χ4v) is 5.80. The van der Waals surface area contributed by atoms with Crippen LogP contribution in [0.1, 0.15) is 18.1 Å². The highest BCUT2D eigenvalue weighted by atomic mass is 19.4. The molecule has 3 aromatic rings. The second kappa shape index (κ2) is 8.08. The molecule has 9 heteroatoms. The van der Waals surface area contributed by atoms with Gasteiger partial charge in [-0.25, -0.2) is 4.98 Å². The summed E-state index contributed by atoms with van der Waals surface area (Å²) in [6, 6.07) is 18.4. The Labute approximate surface area is 206 Å². The van der Waals surface area contributed by atoms with Crippen molar-refractivity contribution in [1.29, 1.82) is 0 Å². The number of carbonyl (C=O) groups excluding carboxylic acids is 1. The highest BCUT2D eigenvalue weighted by molar-refractivity contribution is 6.20. The van der Waals surface area contributed by atoms with Crippen LogP contribution in [0.3, 0.4) is 0 Å². The number of para-hydroxylation sites is 1. The van der Waals surface area contributed by atoms with Crippen LogP contribution in [-0.4, -0.2) is 42.3 Å². The number of piperazine rings is 1. The summed E-state index contributed by atoms with van der Waals surface area (Å²) in [5, 5.41) is 6.08. The number of aromatic nitrogens is 1. The fraction of sp³-hybridized carbons (Fsp3) is 0.296. The lowest BCUT2D eigenvalue weighted by atomic mass is 9.67. The summed E-state index contributed by atoms with van der Waals surface area (Å²) in [5.74, 6) is 0.595. The van der Waals surface area contributed by atoms with Crippen LogP contribution in [0.5, 0.6) is 0 Å². The summed E-state index contributed by atoms with van der Waals surface area (Å²) in [6.07, 6.45) is -2.58. The summed E-state index contributed by atoms with van der Waals surface area (Å²) < 4.78 is 40.8. The number of amides is 1. The fourth-order valence-electron chi connectivity index (χ4n) is 5.80. The van der Waals surface area contributed by atoms with E-state index in [1.54, 1.807) is 12.3 Å². The molecular weight excluding hydrogens is 467 g/mol. The monoisotopic (exact) mass is 491 g/mol. The first-order chi connectivity index (χ1) is 17.3. The Kier molecular flexibility index (Phi) is 5.07. The van der Waals surface area contributed by atoms with Gasteiger partial charge in [0.15, 0.2) is 0 Å². The Balaban J connectivity index is 1.48. The van der Waals surface area contributed by atoms with Crippen LogP contribution in [0.4, 0.5) is 30.4 Å². The first-order valence-corrected chi connectivity index (χ1v) is 11.9. The van der Waals surface area contributed by atoms with Crippen molar-refractivity contribution < 1.29 is 18.0 Å². The molecular formula is C27H24F3N5O. The van der Waals surface area contributed by atoms with E-state index in [2.05, 4.69) is 19.9 Å². The molecule has 4 heterocycles. The van der Waals surface area contributed by atoms with Gasteiger partial charge in [-0.1, -0.05) is 24.3 Å². The van der Waals surface area contributed by atoms with Crippen molar-refractivity contribution in [2.24, 2.45) is 10.5 Å². The molecule has 0 unspecified atom stereocenters. The van der Waals surface area contributed by atoms with Crippen molar-refractivity contribution in [2.45, 2.75) is 25.6 Å². The standard InChI is InChI=1S/C27H24F3N5O/c1-18-26(25(36)35(32-18)21-7-3-2-4-8-21)16-19-15-20(27(28,29)30)10-11-22(19)34-14-13-33(17-23(26)34)24-9-5-6-12-31-24/h2-12,15,23H,13-14,16-17H2,1H3/t23-,26-/m1/s1. The number of pyridine rings is 1. The second-order valence-electron chi connectivity index (χ2n) is 9.47. The number of rotatable bonds is 2. The SMILES string of the molecule is CC1=NN(c2ccccc2)C(=O)[C@]12Cc1cc(C(F)(F)F)ccc1N1CCN(c3ccccn3)C[C@@H]12. The van der Waals surface area contributed by atoms with E-state index in [-0.39, 0.29) is 18.4 Å². The average molecular weight is 492 g/mol. The number of nitrogens with zero attached hydrogens (tertiary/aromatic N) is 5. The Hall–Kier alpha value is -3.88. The minimum absolute atomic E-state index is 0.154. The second-order valence-corrected chi connectivity index (χ2v) is 9.47. The lowest BCUT2D eigenvalue weighted by molar-refractivity contribution is -0.137. The van der Waals surface area contributed by atoms with E-state index >= 15 is 0 Å². The Morgan fingerprint density at radius 3 is 2.50 bits per heavy atom. The number of alkyl halides is 3. The number of benzene rings is 2. The predicted molar refractivity (Wildman–Crippen MR) is 132 cm³/mol. The first-order valence-electron chi connectivity index (χ1n) is 11.9. The number of hydrazone groups is 1. The predicted octanol–water partition coefficient (Wildman–Crippen LogP) is 4.76. The molecule has 6 nitrogen and oxygen atoms in total. The van der Waals surface area contributed by atoms with Crippen molar-refractivity contribution >= 4 is 28.8 Å². The average Bonchev–Trinajstić information content (AvgIpc) is 3.14. The highest BCUT2D eigenvalue weighted by Crippen LogP contribution is 2.49. The zero-order valence-corrected chi connectivity index (χ0v) is 19.6. The van der Waals surface area contributed by atoms with Gasteiger partial charge in [0.05, 0.1) is 23.0 Å². The van der Waals surface area contributed by atoms with Crippen molar-refractivity contribution in [3.63, 3.8) is 0 Å². The molecule has 6 rings (SSSR count). The Morgan fingerprint density at radius 1 is 1.00 bits per heavy atom. The van der Waals surface area contributed by atoms with Crippen LogP contribution in [0, 0.1) is 5.41 Å². The largest absolute Gasteiger partial charge is 0.416 e. The maximum absolute atomic E-state index is 14.2. The van der Waals surface area contributed by atoms with E-state index in [4.69, 9.17) is 0 Å². The topological polar surface area (TPSA) is 52.0 Å². The summed E-state index contributed by atoms with van der Waals surface area (Å²) in [6.45, 7) is 3.50. The third-order valence-corrected chi connectivity index (χ3v) is 7.58. The third kappa shape index (κ3) is 3.37. The van der Waals surface area contributed by atoms with Crippen LogP contribution in [-0.2, 0) is 17.4 Å². The molecule has 1 spiro atoms. The van der Waals surface area contributed by atoms with Crippen molar-refractivity contribution in [2.75, 3.05) is 34.4 Å². The van der Waals surface area contributed by atoms with Crippen LogP contribution in [0.2, 0.25) is 0 Å². The smallest absolute Gasteiger partial charge is 0.363 e. The van der Waals surface area contributed by atoms with E-state index in [0.29, 0.717) is 36.6 Å². The molecule has 0 bridgehead atoms. The quantitative estimate of drug-likeness (QED) is 0.519. The molecule has 1 saturated heterocycles. The van der Waals surface area contributed by atoms with Gasteiger partial charge in [-0.2, -0.15) is 23.3 Å². The lowest BCUT2D eigenvalue weighted by Gasteiger charge is -2.53. The molecule has 1 amide bonds. The number of fused-ring (bicyclic) bond motifs is 4. The van der Waals surface area contributed by atoms with E-state index in [1.807, 2.05) is 55.5 Å². The number of carbonyl (C=O) groups is 1. The van der Waals surface area contributed by atoms with Crippen molar-refractivity contribution in [1.82, 2.24) is 4.98 Å². The zero-order chi connectivity index (χ0) is 25.1. The van der Waals surface area contributed by atoms with Gasteiger partial charge in [-0.05, 0) is 61.4 Å². The summed E-state index contributed by atoms with van der Waals surface area (Å²) in [7, 11) is 0. The van der Waals surface area contributed by atoms with Crippen LogP contribution >= 0.6 is 0 Å². The van der Waals surface area contributed by atoms with Crippen LogP contribution < -0.4 is 14.8 Å². The van der Waals surface area contributed by atoms with Gasteiger partial charge < -0.3 is 9.80 Å². The molecule has 1 fully saturated rings. The normalized spacial score (nSPS) is 23.6. The number of anilines is 3. The van der Waals surface area contributed by atoms with Gasteiger partial charge in [0.25, 0.3) is 5.91 Å². The molecule has 2 atom stereocenters. The maximum atomic E-state index is 14.2. The number of hydrogen-bond acceptors (Lipinski definition) is 5. The molecule has 2 aromatic carbocycles. The Morgan fingerprint density at radius 2 is 1.78 bits per heavy atom. The molecule has 0 N–H and O–H groups in total. The minimum Gasteiger partial charge on any atom is -0.363 e. The maximum Gasteiger partial charge on any atom is 0.416 e. The summed E-state index contributed by atoms with van der Waals surface area (Å²) >= 11 is 0.